The van der Waals surface area contributed by atoms with E-state index < -0.39 is 5.60 Å². The smallest absolute Gasteiger partial charge is 0.410 e. The largest absolute Gasteiger partial charge is 0.444 e. The fraction of sp³-hybridized carbons (Fsp3) is 0.625. The van der Waals surface area contributed by atoms with Gasteiger partial charge in [0.1, 0.15) is 5.60 Å². The molecule has 8 nitrogen and oxygen atoms in total. The van der Waals surface area contributed by atoms with Gasteiger partial charge in [-0.15, -0.1) is 0 Å². The van der Waals surface area contributed by atoms with E-state index in [4.69, 9.17) is 9.47 Å². The summed E-state index contributed by atoms with van der Waals surface area (Å²) in [5, 5.41) is 5.80. The number of carbonyl (C=O) groups is 3. The van der Waals surface area contributed by atoms with Gasteiger partial charge in [0, 0.05) is 32.7 Å². The van der Waals surface area contributed by atoms with E-state index in [0.717, 1.165) is 32.3 Å². The fourth-order valence-corrected chi connectivity index (χ4v) is 4.01. The molecule has 32 heavy (non-hydrogen) atoms. The van der Waals surface area contributed by atoms with E-state index in [-0.39, 0.29) is 29.9 Å². The van der Waals surface area contributed by atoms with E-state index in [1.165, 1.54) is 0 Å². The highest BCUT2D eigenvalue weighted by Crippen LogP contribution is 2.24. The first-order chi connectivity index (χ1) is 15.2. The van der Waals surface area contributed by atoms with Crippen molar-refractivity contribution in [1.29, 1.82) is 0 Å². The lowest BCUT2D eigenvalue weighted by Gasteiger charge is -2.33. The Bertz CT molecular complexity index is 806. The van der Waals surface area contributed by atoms with Gasteiger partial charge in [0.25, 0.3) is 5.91 Å². The maximum absolute atomic E-state index is 12.7. The van der Waals surface area contributed by atoms with Crippen molar-refractivity contribution < 1.29 is 23.9 Å². The van der Waals surface area contributed by atoms with Crippen molar-refractivity contribution in [3.8, 4) is 0 Å². The number of benzene rings is 1. The fourth-order valence-electron chi connectivity index (χ4n) is 4.01. The molecule has 2 saturated heterocycles. The lowest BCUT2D eigenvalue weighted by Crippen LogP contribution is -2.42. The highest BCUT2D eigenvalue weighted by Gasteiger charge is 2.28. The van der Waals surface area contributed by atoms with Crippen LogP contribution < -0.4 is 10.6 Å². The molecule has 1 unspecified atom stereocenters. The van der Waals surface area contributed by atoms with Crippen molar-refractivity contribution in [2.45, 2.75) is 64.6 Å². The number of para-hydroxylation sites is 1. The summed E-state index contributed by atoms with van der Waals surface area (Å²) in [6.45, 7) is 7.92. The highest BCUT2D eigenvalue weighted by molar-refractivity contribution is 6.03. The summed E-state index contributed by atoms with van der Waals surface area (Å²) in [5.41, 5.74) is 0.435. The van der Waals surface area contributed by atoms with Gasteiger partial charge in [-0.25, -0.2) is 4.79 Å². The minimum Gasteiger partial charge on any atom is -0.444 e. The van der Waals surface area contributed by atoms with Crippen molar-refractivity contribution in [2.75, 3.05) is 31.6 Å². The second kappa shape index (κ2) is 10.8. The first kappa shape index (κ1) is 24.0. The Balaban J connectivity index is 1.47. The summed E-state index contributed by atoms with van der Waals surface area (Å²) in [5.74, 6) is -0.156. The molecule has 0 aliphatic carbocycles. The zero-order chi connectivity index (χ0) is 23.1. The third-order valence-electron chi connectivity index (χ3n) is 5.70. The molecule has 3 rings (SSSR count). The second-order valence-corrected chi connectivity index (χ2v) is 9.55. The van der Waals surface area contributed by atoms with Gasteiger partial charge in [0.05, 0.1) is 17.4 Å². The summed E-state index contributed by atoms with van der Waals surface area (Å²) in [7, 11) is 0. The minimum absolute atomic E-state index is 0.0623. The third kappa shape index (κ3) is 7.22. The van der Waals surface area contributed by atoms with Crippen LogP contribution in [-0.4, -0.2) is 60.8 Å². The Hall–Kier alpha value is -2.61. The minimum atomic E-state index is -0.516. The molecule has 2 aliphatic heterocycles. The quantitative estimate of drug-likeness (QED) is 0.698. The van der Waals surface area contributed by atoms with Crippen LogP contribution >= 0.6 is 0 Å². The van der Waals surface area contributed by atoms with E-state index in [0.29, 0.717) is 37.3 Å². The van der Waals surface area contributed by atoms with Crippen molar-refractivity contribution in [2.24, 2.45) is 5.92 Å². The van der Waals surface area contributed by atoms with Crippen LogP contribution in [0.4, 0.5) is 10.5 Å². The van der Waals surface area contributed by atoms with Gasteiger partial charge in [-0.3, -0.25) is 9.59 Å². The lowest BCUT2D eigenvalue weighted by molar-refractivity contribution is -0.117. The average molecular weight is 446 g/mol. The van der Waals surface area contributed by atoms with E-state index in [1.807, 2.05) is 20.8 Å². The van der Waals surface area contributed by atoms with Gasteiger partial charge in [-0.1, -0.05) is 12.1 Å². The van der Waals surface area contributed by atoms with Crippen molar-refractivity contribution in [1.82, 2.24) is 10.2 Å². The van der Waals surface area contributed by atoms with Crippen LogP contribution in [0.2, 0.25) is 0 Å². The standard InChI is InChI=1S/C24H35N3O5/c1-24(2,3)32-23(30)27-12-10-17(11-13-27)15-21(28)26-20-9-5-4-8-19(20)22(29)25-16-18-7-6-14-31-18/h4-5,8-9,17-18H,6-7,10-16H2,1-3H3,(H,25,29)(H,26,28). The van der Waals surface area contributed by atoms with Crippen LogP contribution in [0.25, 0.3) is 0 Å². The van der Waals surface area contributed by atoms with Gasteiger partial charge in [-0.05, 0) is 64.5 Å². The molecule has 0 aromatic heterocycles. The van der Waals surface area contributed by atoms with Gasteiger partial charge in [-0.2, -0.15) is 0 Å². The normalized spacial score (nSPS) is 19.5. The topological polar surface area (TPSA) is 97.0 Å². The molecular weight excluding hydrogens is 410 g/mol. The molecule has 176 valence electrons. The van der Waals surface area contributed by atoms with Crippen LogP contribution in [0.5, 0.6) is 0 Å². The predicted octanol–water partition coefficient (Wildman–Crippen LogP) is 3.57. The predicted molar refractivity (Wildman–Crippen MR) is 122 cm³/mol. The number of nitrogens with zero attached hydrogens (tertiary/aromatic N) is 1. The molecular formula is C24H35N3O5. The Labute approximate surface area is 190 Å². The van der Waals surface area contributed by atoms with Crippen molar-refractivity contribution in [3.63, 3.8) is 0 Å². The number of hydrogen-bond donors (Lipinski definition) is 2. The molecule has 0 saturated carbocycles. The number of likely N-dealkylation sites (tertiary alicyclic amines) is 1. The zero-order valence-electron chi connectivity index (χ0n) is 19.3. The van der Waals surface area contributed by atoms with Crippen molar-refractivity contribution in [3.05, 3.63) is 29.8 Å². The summed E-state index contributed by atoms with van der Waals surface area (Å²) in [6.07, 6.45) is 3.57. The van der Waals surface area contributed by atoms with Crippen LogP contribution in [0, 0.1) is 5.92 Å². The molecule has 2 N–H and O–H groups in total. The highest BCUT2D eigenvalue weighted by atomic mass is 16.6. The maximum atomic E-state index is 12.7. The van der Waals surface area contributed by atoms with Crippen LogP contribution in [0.3, 0.4) is 0 Å². The first-order valence-electron chi connectivity index (χ1n) is 11.5. The van der Waals surface area contributed by atoms with E-state index in [1.54, 1.807) is 29.2 Å². The van der Waals surface area contributed by atoms with Crippen LogP contribution in [-0.2, 0) is 14.3 Å². The maximum Gasteiger partial charge on any atom is 0.410 e. The summed E-state index contributed by atoms with van der Waals surface area (Å²) in [4.78, 5) is 39.2. The summed E-state index contributed by atoms with van der Waals surface area (Å²) >= 11 is 0. The number of piperidine rings is 1. The Kier molecular flexibility index (Phi) is 8.12. The molecule has 2 fully saturated rings. The number of ether oxygens (including phenoxy) is 2. The van der Waals surface area contributed by atoms with E-state index in [2.05, 4.69) is 10.6 Å². The van der Waals surface area contributed by atoms with Gasteiger partial charge in [0.2, 0.25) is 5.91 Å². The number of anilines is 1. The van der Waals surface area contributed by atoms with Crippen LogP contribution in [0.15, 0.2) is 24.3 Å². The molecule has 2 heterocycles. The molecule has 1 aromatic rings. The molecule has 0 bridgehead atoms. The van der Waals surface area contributed by atoms with E-state index in [9.17, 15) is 14.4 Å². The molecule has 2 aliphatic rings. The molecule has 1 aromatic carbocycles. The summed E-state index contributed by atoms with van der Waals surface area (Å²) in [6, 6.07) is 7.03. The molecule has 3 amide bonds. The number of carbonyl (C=O) groups excluding carboxylic acids is 3. The third-order valence-corrected chi connectivity index (χ3v) is 5.70. The summed E-state index contributed by atoms with van der Waals surface area (Å²) < 4.78 is 11.0. The van der Waals surface area contributed by atoms with Gasteiger partial charge < -0.3 is 25.0 Å². The SMILES string of the molecule is CC(C)(C)OC(=O)N1CCC(CC(=O)Nc2ccccc2C(=O)NCC2CCCO2)CC1. The number of amides is 3. The number of nitrogens with one attached hydrogen (secondary N) is 2. The lowest BCUT2D eigenvalue weighted by atomic mass is 9.93. The number of rotatable bonds is 6. The molecule has 0 radical (unpaired) electrons. The molecule has 1 atom stereocenters. The van der Waals surface area contributed by atoms with Gasteiger partial charge >= 0.3 is 6.09 Å². The van der Waals surface area contributed by atoms with E-state index >= 15 is 0 Å². The van der Waals surface area contributed by atoms with Gasteiger partial charge in [0.15, 0.2) is 0 Å². The van der Waals surface area contributed by atoms with Crippen molar-refractivity contribution >= 4 is 23.6 Å². The van der Waals surface area contributed by atoms with Crippen LogP contribution in [0.1, 0.15) is 63.2 Å². The average Bonchev–Trinajstić information content (AvgIpc) is 3.25. The monoisotopic (exact) mass is 445 g/mol. The number of hydrogen-bond acceptors (Lipinski definition) is 5. The zero-order valence-corrected chi connectivity index (χ0v) is 19.3. The molecule has 0 spiro atoms. The molecule has 8 heteroatoms. The second-order valence-electron chi connectivity index (χ2n) is 9.55. The Morgan fingerprint density at radius 3 is 2.50 bits per heavy atom. The first-order valence-corrected chi connectivity index (χ1v) is 11.5. The Morgan fingerprint density at radius 2 is 1.84 bits per heavy atom. The Morgan fingerprint density at radius 1 is 1.12 bits per heavy atom.